The predicted molar refractivity (Wildman–Crippen MR) is 133 cm³/mol. The maximum Gasteiger partial charge on any atom is 0.348 e. The number of allylic oxidation sites excluding steroid dienone is 2. The van der Waals surface area contributed by atoms with Crippen LogP contribution < -0.4 is 4.90 Å². The Bertz CT molecular complexity index is 915. The van der Waals surface area contributed by atoms with Crippen molar-refractivity contribution in [3.63, 3.8) is 0 Å². The molecule has 1 aromatic rings. The van der Waals surface area contributed by atoms with E-state index in [1.54, 1.807) is 0 Å². The largest absolute Gasteiger partial charge is 0.477 e. The minimum absolute atomic E-state index is 0.0206. The van der Waals surface area contributed by atoms with Gasteiger partial charge in [0, 0.05) is 35.6 Å². The second-order valence-corrected chi connectivity index (χ2v) is 11.7. The Labute approximate surface area is 206 Å². The normalized spacial score (nSPS) is 29.4. The zero-order valence-electron chi connectivity index (χ0n) is 20.2. The number of hydrogen-bond donors (Lipinski definition) is 1. The van der Waals surface area contributed by atoms with Crippen molar-refractivity contribution in [3.05, 3.63) is 28.0 Å². The summed E-state index contributed by atoms with van der Waals surface area (Å²) in [6.07, 6.45) is 14.6. The Hall–Kier alpha value is -1.70. The summed E-state index contributed by atoms with van der Waals surface area (Å²) in [5.41, 5.74) is 0.615. The van der Waals surface area contributed by atoms with E-state index in [4.69, 9.17) is 9.47 Å². The topological polar surface area (TPSA) is 76.1 Å². The Morgan fingerprint density at radius 3 is 2.38 bits per heavy atom. The number of carboxylic acids is 1. The molecule has 4 aliphatic rings. The molecule has 3 aliphatic carbocycles. The van der Waals surface area contributed by atoms with Crippen molar-refractivity contribution in [2.75, 3.05) is 18.1 Å². The maximum atomic E-state index is 14.0. The van der Waals surface area contributed by atoms with Gasteiger partial charge in [-0.1, -0.05) is 19.1 Å². The zero-order valence-corrected chi connectivity index (χ0v) is 21.0. The molecule has 1 saturated heterocycles. The SMILES string of the molecule is CC1CCC(C(=O)N(c2cc(C3C=CCCC3)sc2C(=O)O)C2CCC3(CC2)OCCO3)CC1. The molecule has 1 amide bonds. The first-order valence-electron chi connectivity index (χ1n) is 13.1. The summed E-state index contributed by atoms with van der Waals surface area (Å²) < 4.78 is 11.8. The summed E-state index contributed by atoms with van der Waals surface area (Å²) in [6.45, 7) is 3.51. The third-order valence-corrected chi connectivity index (χ3v) is 9.55. The summed E-state index contributed by atoms with van der Waals surface area (Å²) in [7, 11) is 0. The van der Waals surface area contributed by atoms with E-state index in [0.717, 1.165) is 75.5 Å². The molecule has 1 aromatic heterocycles. The van der Waals surface area contributed by atoms with Crippen LogP contribution in [0.15, 0.2) is 18.2 Å². The van der Waals surface area contributed by atoms with E-state index in [-0.39, 0.29) is 23.8 Å². The number of carboxylic acid groups (broad SMARTS) is 1. The summed E-state index contributed by atoms with van der Waals surface area (Å²) in [6, 6.07) is 2.00. The lowest BCUT2D eigenvalue weighted by atomic mass is 9.81. The molecule has 2 saturated carbocycles. The average molecular weight is 488 g/mol. The number of rotatable bonds is 5. The molecule has 0 radical (unpaired) electrons. The molecule has 1 N–H and O–H groups in total. The van der Waals surface area contributed by atoms with Crippen molar-refractivity contribution in [2.45, 2.75) is 95.3 Å². The van der Waals surface area contributed by atoms with Crippen LogP contribution in [-0.2, 0) is 14.3 Å². The summed E-state index contributed by atoms with van der Waals surface area (Å²) >= 11 is 1.36. The number of thiophene rings is 1. The van der Waals surface area contributed by atoms with Crippen LogP contribution in [0.5, 0.6) is 0 Å². The molecule has 1 unspecified atom stereocenters. The highest BCUT2D eigenvalue weighted by molar-refractivity contribution is 7.14. The lowest BCUT2D eigenvalue weighted by Crippen LogP contribution is -2.49. The van der Waals surface area contributed by atoms with E-state index >= 15 is 0 Å². The van der Waals surface area contributed by atoms with Crippen molar-refractivity contribution in [1.29, 1.82) is 0 Å². The van der Waals surface area contributed by atoms with Crippen LogP contribution >= 0.6 is 11.3 Å². The van der Waals surface area contributed by atoms with E-state index in [1.165, 1.54) is 11.3 Å². The lowest BCUT2D eigenvalue weighted by molar-refractivity contribution is -0.179. The standard InChI is InChI=1S/C27H37NO5S/c1-18-7-9-20(10-8-18)25(29)28(21-11-13-27(14-12-21)32-15-16-33-27)22-17-23(34-24(22)26(30)31)19-5-3-2-4-6-19/h3,5,17-21H,2,4,6-16H2,1H3,(H,30,31). The summed E-state index contributed by atoms with van der Waals surface area (Å²) in [5, 5.41) is 10.1. The minimum Gasteiger partial charge on any atom is -0.477 e. The fourth-order valence-corrected chi connectivity index (χ4v) is 7.35. The first-order chi connectivity index (χ1) is 16.5. The van der Waals surface area contributed by atoms with Gasteiger partial charge in [-0.05, 0) is 69.8 Å². The van der Waals surface area contributed by atoms with Crippen molar-refractivity contribution in [2.24, 2.45) is 11.8 Å². The number of ether oxygens (including phenoxy) is 2. The quantitative estimate of drug-likeness (QED) is 0.507. The van der Waals surface area contributed by atoms with Gasteiger partial charge >= 0.3 is 5.97 Å². The molecule has 0 bridgehead atoms. The van der Waals surface area contributed by atoms with Gasteiger partial charge in [-0.15, -0.1) is 11.3 Å². The fourth-order valence-electron chi connectivity index (χ4n) is 6.25. The van der Waals surface area contributed by atoms with Gasteiger partial charge in [-0.3, -0.25) is 4.79 Å². The van der Waals surface area contributed by atoms with Crippen LogP contribution in [-0.4, -0.2) is 42.0 Å². The third-order valence-electron chi connectivity index (χ3n) is 8.30. The molecular formula is C27H37NO5S. The van der Waals surface area contributed by atoms with Crippen LogP contribution in [0.3, 0.4) is 0 Å². The highest BCUT2D eigenvalue weighted by Gasteiger charge is 2.44. The molecule has 6 nitrogen and oxygen atoms in total. The molecule has 186 valence electrons. The number of aromatic carboxylic acids is 1. The average Bonchev–Trinajstić information content (AvgIpc) is 3.49. The van der Waals surface area contributed by atoms with Crippen LogP contribution in [0.2, 0.25) is 0 Å². The van der Waals surface area contributed by atoms with Gasteiger partial charge in [0.2, 0.25) is 5.91 Å². The molecular weight excluding hydrogens is 450 g/mol. The first-order valence-corrected chi connectivity index (χ1v) is 13.9. The Balaban J connectivity index is 1.47. The van der Waals surface area contributed by atoms with Crippen molar-refractivity contribution in [1.82, 2.24) is 0 Å². The molecule has 0 aromatic carbocycles. The molecule has 1 atom stereocenters. The van der Waals surface area contributed by atoms with Crippen molar-refractivity contribution in [3.8, 4) is 0 Å². The molecule has 5 rings (SSSR count). The first kappa shape index (κ1) is 24.0. The van der Waals surface area contributed by atoms with Crippen LogP contribution in [0.1, 0.15) is 98.0 Å². The zero-order chi connectivity index (χ0) is 23.7. The second kappa shape index (κ2) is 10.1. The van der Waals surface area contributed by atoms with E-state index < -0.39 is 11.8 Å². The molecule has 2 heterocycles. The number of carbonyl (C=O) groups excluding carboxylic acids is 1. The lowest BCUT2D eigenvalue weighted by Gasteiger charge is -2.42. The number of carbonyl (C=O) groups is 2. The highest BCUT2D eigenvalue weighted by Crippen LogP contribution is 2.44. The highest BCUT2D eigenvalue weighted by atomic mass is 32.1. The van der Waals surface area contributed by atoms with Gasteiger partial charge in [0.05, 0.1) is 18.9 Å². The van der Waals surface area contributed by atoms with Crippen LogP contribution in [0, 0.1) is 11.8 Å². The number of nitrogens with zero attached hydrogens (tertiary/aromatic N) is 1. The third kappa shape index (κ3) is 4.84. The minimum atomic E-state index is -0.934. The molecule has 7 heteroatoms. The summed E-state index contributed by atoms with van der Waals surface area (Å²) in [4.78, 5) is 29.7. The molecule has 3 fully saturated rings. The van der Waals surface area contributed by atoms with Gasteiger partial charge in [-0.2, -0.15) is 0 Å². The van der Waals surface area contributed by atoms with Crippen molar-refractivity contribution < 1.29 is 24.2 Å². The van der Waals surface area contributed by atoms with E-state index in [0.29, 0.717) is 29.7 Å². The fraction of sp³-hybridized carbons (Fsp3) is 0.704. The monoisotopic (exact) mass is 487 g/mol. The Morgan fingerprint density at radius 2 is 1.76 bits per heavy atom. The molecule has 1 spiro atoms. The smallest absolute Gasteiger partial charge is 0.348 e. The number of amides is 1. The van der Waals surface area contributed by atoms with Crippen molar-refractivity contribution >= 4 is 28.9 Å². The Morgan fingerprint density at radius 1 is 1.06 bits per heavy atom. The van der Waals surface area contributed by atoms with Gasteiger partial charge in [0.25, 0.3) is 0 Å². The van der Waals surface area contributed by atoms with Gasteiger partial charge in [-0.25, -0.2) is 4.79 Å². The van der Waals surface area contributed by atoms with Gasteiger partial charge < -0.3 is 19.5 Å². The number of hydrogen-bond acceptors (Lipinski definition) is 5. The van der Waals surface area contributed by atoms with E-state index in [1.807, 2.05) is 11.0 Å². The second-order valence-electron chi connectivity index (χ2n) is 10.6. The van der Waals surface area contributed by atoms with E-state index in [9.17, 15) is 14.7 Å². The number of anilines is 1. The van der Waals surface area contributed by atoms with Gasteiger partial charge in [0.15, 0.2) is 5.79 Å². The van der Waals surface area contributed by atoms with Crippen LogP contribution in [0.25, 0.3) is 0 Å². The predicted octanol–water partition coefficient (Wildman–Crippen LogP) is 6.12. The molecule has 1 aliphatic heterocycles. The van der Waals surface area contributed by atoms with E-state index in [2.05, 4.69) is 19.1 Å². The molecule has 34 heavy (non-hydrogen) atoms. The maximum absolute atomic E-state index is 14.0. The van der Waals surface area contributed by atoms with Crippen LogP contribution in [0.4, 0.5) is 5.69 Å². The Kier molecular flexibility index (Phi) is 7.14. The van der Waals surface area contributed by atoms with Gasteiger partial charge in [0.1, 0.15) is 4.88 Å². The summed E-state index contributed by atoms with van der Waals surface area (Å²) in [5.74, 6) is -0.445.